The predicted octanol–water partition coefficient (Wildman–Crippen LogP) is -0.221. The molecule has 0 radical (unpaired) electrons. The molecule has 0 bridgehead atoms. The van der Waals surface area contributed by atoms with Gasteiger partial charge in [0.15, 0.2) is 17.8 Å². The van der Waals surface area contributed by atoms with E-state index in [2.05, 4.69) is 0 Å². The van der Waals surface area contributed by atoms with Crippen molar-refractivity contribution in [1.82, 2.24) is 0 Å². The van der Waals surface area contributed by atoms with Crippen LogP contribution in [-0.4, -0.2) is 31.5 Å². The summed E-state index contributed by atoms with van der Waals surface area (Å²) >= 11 is 0. The van der Waals surface area contributed by atoms with Crippen LogP contribution < -0.4 is 0 Å². The van der Waals surface area contributed by atoms with Gasteiger partial charge < -0.3 is 25.5 Å². The normalized spacial score (nSPS) is 10.5. The zero-order valence-corrected chi connectivity index (χ0v) is 6.88. The number of benzene rings is 1. The number of rotatable bonds is 2. The molecule has 0 aliphatic rings. The van der Waals surface area contributed by atoms with Crippen LogP contribution in [0, 0.1) is 0 Å². The van der Waals surface area contributed by atoms with Gasteiger partial charge in [-0.1, -0.05) is 0 Å². The molecule has 1 aromatic carbocycles. The molecule has 1 aromatic rings. The highest BCUT2D eigenvalue weighted by Gasteiger charge is 2.19. The Bertz CT molecular complexity index is 370. The molecule has 1 rings (SSSR count). The molecule has 0 aromatic heterocycles. The molecule has 0 unspecified atom stereocenters. The van der Waals surface area contributed by atoms with Gasteiger partial charge in [-0.05, 0) is 12.1 Å². The average molecular weight is 200 g/mol. The molecule has 0 spiro atoms. The molecule has 5 N–H and O–H groups in total. The van der Waals surface area contributed by atoms with Gasteiger partial charge in [-0.25, -0.2) is 4.79 Å². The number of hydrogen-bond donors (Lipinski definition) is 5. The molecule has 0 aliphatic heterocycles. The summed E-state index contributed by atoms with van der Waals surface area (Å²) in [4.78, 5) is 10.5. The van der Waals surface area contributed by atoms with Crippen molar-refractivity contribution in [3.63, 3.8) is 0 Å². The molecule has 0 amide bonds. The first-order chi connectivity index (χ1) is 6.45. The van der Waals surface area contributed by atoms with E-state index in [9.17, 15) is 4.79 Å². The Kier molecular flexibility index (Phi) is 2.59. The van der Waals surface area contributed by atoms with Crippen molar-refractivity contribution in [2.24, 2.45) is 0 Å². The smallest absolute Gasteiger partial charge is 0.339 e. The maximum Gasteiger partial charge on any atom is 0.339 e. The summed E-state index contributed by atoms with van der Waals surface area (Å²) in [5, 5.41) is 44.2. The zero-order valence-electron chi connectivity index (χ0n) is 6.88. The lowest BCUT2D eigenvalue weighted by Crippen LogP contribution is -2.01. The van der Waals surface area contributed by atoms with Crippen LogP contribution in [0.4, 0.5) is 0 Å². The van der Waals surface area contributed by atoms with Crippen molar-refractivity contribution in [2.75, 3.05) is 0 Å². The lowest BCUT2D eigenvalue weighted by molar-refractivity contribution is -0.0441. The van der Waals surface area contributed by atoms with Crippen LogP contribution in [0.2, 0.25) is 0 Å². The minimum absolute atomic E-state index is 0.354. The maximum atomic E-state index is 10.5. The molecule has 6 nitrogen and oxygen atoms in total. The van der Waals surface area contributed by atoms with Crippen LogP contribution in [0.15, 0.2) is 12.1 Å². The first-order valence-corrected chi connectivity index (χ1v) is 3.59. The van der Waals surface area contributed by atoms with E-state index in [0.29, 0.717) is 0 Å². The van der Waals surface area contributed by atoms with E-state index in [1.807, 2.05) is 0 Å². The highest BCUT2D eigenvalue weighted by atomic mass is 16.5. The van der Waals surface area contributed by atoms with E-state index >= 15 is 0 Å². The van der Waals surface area contributed by atoms with Gasteiger partial charge in [0.05, 0.1) is 5.56 Å². The number of hydrogen-bond acceptors (Lipinski definition) is 5. The third-order valence-corrected chi connectivity index (χ3v) is 1.69. The summed E-state index contributed by atoms with van der Waals surface area (Å²) in [6.45, 7) is 0. The van der Waals surface area contributed by atoms with Crippen LogP contribution in [0.1, 0.15) is 22.2 Å². The number of carboxylic acid groups (broad SMARTS) is 1. The summed E-state index contributed by atoms with van der Waals surface area (Å²) in [6.07, 6.45) is -1.97. The van der Waals surface area contributed by atoms with Gasteiger partial charge in [0.25, 0.3) is 0 Å². The van der Waals surface area contributed by atoms with Crippen LogP contribution in [0.25, 0.3) is 0 Å². The van der Waals surface area contributed by atoms with Crippen molar-refractivity contribution in [3.05, 3.63) is 23.3 Å². The minimum Gasteiger partial charge on any atom is -0.504 e. The molecule has 0 saturated heterocycles. The van der Waals surface area contributed by atoms with E-state index in [-0.39, 0.29) is 5.56 Å². The van der Waals surface area contributed by atoms with Crippen LogP contribution in [0.3, 0.4) is 0 Å². The third-order valence-electron chi connectivity index (χ3n) is 1.69. The molecule has 0 aliphatic carbocycles. The number of phenolic OH excluding ortho intramolecular Hbond substituents is 1. The fourth-order valence-electron chi connectivity index (χ4n) is 0.976. The Morgan fingerprint density at radius 1 is 1.14 bits per heavy atom. The summed E-state index contributed by atoms with van der Waals surface area (Å²) in [7, 11) is 0. The van der Waals surface area contributed by atoms with Gasteiger partial charge in [-0.3, -0.25) is 0 Å². The second-order valence-corrected chi connectivity index (χ2v) is 2.58. The van der Waals surface area contributed by atoms with E-state index in [0.717, 1.165) is 12.1 Å². The zero-order chi connectivity index (χ0) is 10.9. The van der Waals surface area contributed by atoms with E-state index < -0.39 is 29.3 Å². The van der Waals surface area contributed by atoms with E-state index in [1.165, 1.54) is 0 Å². The Hall–Kier alpha value is -1.79. The van der Waals surface area contributed by atoms with Crippen LogP contribution >= 0.6 is 0 Å². The molecular formula is C8H8O6. The van der Waals surface area contributed by atoms with E-state index in [1.54, 1.807) is 0 Å². The molecule has 6 heteroatoms. The molecule has 0 fully saturated rings. The number of aromatic carboxylic acids is 1. The van der Waals surface area contributed by atoms with Gasteiger partial charge in [0, 0.05) is 0 Å². The molecule has 76 valence electrons. The standard InChI is InChI=1S/C8H8O6/c9-5-3(7(11)12)1-2-4(6(5)10)8(13)14/h1-2,7,9-12H,(H,13,14). The summed E-state index contributed by atoms with van der Waals surface area (Å²) in [6, 6.07) is 1.97. The van der Waals surface area contributed by atoms with Crippen LogP contribution in [-0.2, 0) is 0 Å². The molecular weight excluding hydrogens is 192 g/mol. The van der Waals surface area contributed by atoms with Gasteiger partial charge in [0.2, 0.25) is 0 Å². The number of phenols is 2. The predicted molar refractivity (Wildman–Crippen MR) is 43.9 cm³/mol. The van der Waals surface area contributed by atoms with Gasteiger partial charge in [0.1, 0.15) is 5.56 Å². The Balaban J connectivity index is 3.33. The quantitative estimate of drug-likeness (QED) is 0.332. The number of aromatic hydroxyl groups is 2. The molecule has 0 heterocycles. The Morgan fingerprint density at radius 2 is 1.71 bits per heavy atom. The van der Waals surface area contributed by atoms with Gasteiger partial charge in [-0.15, -0.1) is 0 Å². The maximum absolute atomic E-state index is 10.5. The fourth-order valence-corrected chi connectivity index (χ4v) is 0.976. The number of aliphatic hydroxyl groups is 2. The summed E-state index contributed by atoms with van der Waals surface area (Å²) in [5.74, 6) is -3.15. The van der Waals surface area contributed by atoms with Gasteiger partial charge in [-0.2, -0.15) is 0 Å². The lowest BCUT2D eigenvalue weighted by atomic mass is 10.1. The van der Waals surface area contributed by atoms with E-state index in [4.69, 9.17) is 25.5 Å². The molecule has 14 heavy (non-hydrogen) atoms. The minimum atomic E-state index is -1.97. The second kappa shape index (κ2) is 3.52. The van der Waals surface area contributed by atoms with Crippen molar-refractivity contribution in [3.8, 4) is 11.5 Å². The highest BCUT2D eigenvalue weighted by Crippen LogP contribution is 2.35. The van der Waals surface area contributed by atoms with Crippen molar-refractivity contribution < 1.29 is 30.3 Å². The first-order valence-electron chi connectivity index (χ1n) is 3.59. The second-order valence-electron chi connectivity index (χ2n) is 2.58. The number of carbonyl (C=O) groups is 1. The Morgan fingerprint density at radius 3 is 2.14 bits per heavy atom. The third kappa shape index (κ3) is 1.61. The molecule has 0 saturated carbocycles. The SMILES string of the molecule is O=C(O)c1ccc(C(O)O)c(O)c1O. The Labute approximate surface area is 78.3 Å². The van der Waals surface area contributed by atoms with Crippen molar-refractivity contribution in [2.45, 2.75) is 6.29 Å². The fraction of sp³-hybridized carbons (Fsp3) is 0.125. The van der Waals surface area contributed by atoms with Crippen molar-refractivity contribution in [1.29, 1.82) is 0 Å². The lowest BCUT2D eigenvalue weighted by Gasteiger charge is -2.09. The number of aliphatic hydroxyl groups excluding tert-OH is 1. The largest absolute Gasteiger partial charge is 0.504 e. The monoisotopic (exact) mass is 200 g/mol. The number of carboxylic acids is 1. The highest BCUT2D eigenvalue weighted by molar-refractivity contribution is 5.92. The topological polar surface area (TPSA) is 118 Å². The van der Waals surface area contributed by atoms with Crippen molar-refractivity contribution >= 4 is 5.97 Å². The first kappa shape index (κ1) is 10.3. The van der Waals surface area contributed by atoms with Gasteiger partial charge >= 0.3 is 5.97 Å². The average Bonchev–Trinajstić information content (AvgIpc) is 2.08. The summed E-state index contributed by atoms with van der Waals surface area (Å²) in [5.41, 5.74) is -0.862. The van der Waals surface area contributed by atoms with Crippen LogP contribution in [0.5, 0.6) is 11.5 Å². The molecule has 0 atom stereocenters. The summed E-state index contributed by atoms with van der Waals surface area (Å²) < 4.78 is 0.